The molecule has 0 saturated heterocycles. The monoisotopic (exact) mass is 443 g/mol. The van der Waals surface area contributed by atoms with Gasteiger partial charge in [0.1, 0.15) is 11.3 Å². The Morgan fingerprint density at radius 1 is 1.15 bits per heavy atom. The van der Waals surface area contributed by atoms with E-state index in [0.717, 1.165) is 16.6 Å². The predicted molar refractivity (Wildman–Crippen MR) is 89.9 cm³/mol. The molecule has 0 atom stereocenters. The molecular formula is C16H9BrF3N3O4. The SMILES string of the molecule is O=[N+]([O-])c1ccc(OCc2nnc(-c3ccc(Br)cc3)o2)c(C(F)(F)F)c1. The van der Waals surface area contributed by atoms with Gasteiger partial charge in [-0.25, -0.2) is 0 Å². The topological polar surface area (TPSA) is 91.3 Å². The number of aromatic nitrogens is 2. The van der Waals surface area contributed by atoms with Crippen LogP contribution in [0, 0.1) is 10.1 Å². The molecule has 3 aromatic rings. The summed E-state index contributed by atoms with van der Waals surface area (Å²) >= 11 is 3.29. The Labute approximate surface area is 158 Å². The largest absolute Gasteiger partial charge is 0.483 e. The van der Waals surface area contributed by atoms with Crippen molar-refractivity contribution in [3.63, 3.8) is 0 Å². The highest BCUT2D eigenvalue weighted by atomic mass is 79.9. The van der Waals surface area contributed by atoms with Crippen LogP contribution in [0.2, 0.25) is 0 Å². The van der Waals surface area contributed by atoms with Crippen LogP contribution in [0.3, 0.4) is 0 Å². The molecule has 0 fully saturated rings. The number of benzene rings is 2. The molecule has 1 heterocycles. The molecule has 0 amide bonds. The highest BCUT2D eigenvalue weighted by Crippen LogP contribution is 2.38. The van der Waals surface area contributed by atoms with Gasteiger partial charge in [-0.15, -0.1) is 10.2 Å². The van der Waals surface area contributed by atoms with E-state index in [1.54, 1.807) is 24.3 Å². The summed E-state index contributed by atoms with van der Waals surface area (Å²) in [7, 11) is 0. The third-order valence-corrected chi connectivity index (χ3v) is 3.92. The van der Waals surface area contributed by atoms with Crippen molar-refractivity contribution in [1.29, 1.82) is 0 Å². The first-order valence-corrected chi connectivity index (χ1v) is 8.10. The maximum Gasteiger partial charge on any atom is 0.420 e. The second kappa shape index (κ2) is 7.35. The predicted octanol–water partition coefficient (Wildman–Crippen LogP) is 5.01. The number of ether oxygens (including phenoxy) is 1. The molecule has 7 nitrogen and oxygen atoms in total. The van der Waals surface area contributed by atoms with Crippen molar-refractivity contribution in [2.75, 3.05) is 0 Å². The fraction of sp³-hybridized carbons (Fsp3) is 0.125. The summed E-state index contributed by atoms with van der Waals surface area (Å²) in [5.41, 5.74) is -1.32. The summed E-state index contributed by atoms with van der Waals surface area (Å²) in [4.78, 5) is 9.78. The van der Waals surface area contributed by atoms with Crippen LogP contribution in [0.1, 0.15) is 11.5 Å². The van der Waals surface area contributed by atoms with E-state index >= 15 is 0 Å². The third kappa shape index (κ3) is 4.42. The van der Waals surface area contributed by atoms with Gasteiger partial charge < -0.3 is 9.15 Å². The Morgan fingerprint density at radius 3 is 2.48 bits per heavy atom. The van der Waals surface area contributed by atoms with Gasteiger partial charge in [-0.2, -0.15) is 13.2 Å². The van der Waals surface area contributed by atoms with E-state index in [-0.39, 0.29) is 11.8 Å². The normalized spacial score (nSPS) is 11.4. The number of alkyl halides is 3. The van der Waals surface area contributed by atoms with Crippen LogP contribution in [-0.2, 0) is 12.8 Å². The van der Waals surface area contributed by atoms with Gasteiger partial charge in [0.05, 0.1) is 4.92 Å². The fourth-order valence-electron chi connectivity index (χ4n) is 2.14. The van der Waals surface area contributed by atoms with Gasteiger partial charge in [0.2, 0.25) is 5.89 Å². The number of nitro groups is 1. The smallest absolute Gasteiger partial charge is 0.420 e. The highest BCUT2D eigenvalue weighted by Gasteiger charge is 2.36. The number of non-ortho nitro benzene ring substituents is 1. The van der Waals surface area contributed by atoms with E-state index in [4.69, 9.17) is 9.15 Å². The lowest BCUT2D eigenvalue weighted by Gasteiger charge is -2.12. The molecule has 2 aromatic carbocycles. The van der Waals surface area contributed by atoms with Crippen molar-refractivity contribution in [1.82, 2.24) is 10.2 Å². The molecule has 27 heavy (non-hydrogen) atoms. The van der Waals surface area contributed by atoms with Crippen LogP contribution in [0.4, 0.5) is 18.9 Å². The average molecular weight is 444 g/mol. The zero-order valence-corrected chi connectivity index (χ0v) is 14.8. The molecule has 0 bridgehead atoms. The van der Waals surface area contributed by atoms with Crippen LogP contribution in [0.15, 0.2) is 51.4 Å². The molecule has 1 aromatic heterocycles. The van der Waals surface area contributed by atoms with Gasteiger partial charge in [-0.3, -0.25) is 10.1 Å². The van der Waals surface area contributed by atoms with Crippen LogP contribution in [-0.4, -0.2) is 15.1 Å². The van der Waals surface area contributed by atoms with E-state index in [0.29, 0.717) is 11.6 Å². The van der Waals surface area contributed by atoms with Gasteiger partial charge in [0.15, 0.2) is 6.61 Å². The summed E-state index contributed by atoms with van der Waals surface area (Å²) in [6.45, 7) is -0.426. The molecule has 0 spiro atoms. The molecule has 0 unspecified atom stereocenters. The zero-order chi connectivity index (χ0) is 19.6. The Morgan fingerprint density at radius 2 is 1.85 bits per heavy atom. The molecule has 0 aliphatic heterocycles. The summed E-state index contributed by atoms with van der Waals surface area (Å²) in [5.74, 6) is -0.434. The minimum Gasteiger partial charge on any atom is -0.483 e. The minimum absolute atomic E-state index is 0.0422. The van der Waals surface area contributed by atoms with Gasteiger partial charge >= 0.3 is 6.18 Å². The van der Waals surface area contributed by atoms with Gasteiger partial charge in [0, 0.05) is 22.2 Å². The Hall–Kier alpha value is -2.95. The van der Waals surface area contributed by atoms with Gasteiger partial charge in [-0.1, -0.05) is 15.9 Å². The van der Waals surface area contributed by atoms with E-state index < -0.39 is 34.7 Å². The standard InChI is InChI=1S/C16H9BrF3N3O4/c17-10-3-1-9(2-4-10)15-22-21-14(27-15)8-26-13-6-5-11(23(24)25)7-12(13)16(18,19)20/h1-7H,8H2. The Bertz CT molecular complexity index is 974. The minimum atomic E-state index is -4.82. The van der Waals surface area contributed by atoms with Crippen molar-refractivity contribution in [2.45, 2.75) is 12.8 Å². The zero-order valence-electron chi connectivity index (χ0n) is 13.2. The molecular weight excluding hydrogens is 435 g/mol. The summed E-state index contributed by atoms with van der Waals surface area (Å²) in [5, 5.41) is 18.2. The summed E-state index contributed by atoms with van der Waals surface area (Å²) in [6.07, 6.45) is -4.82. The number of hydrogen-bond donors (Lipinski definition) is 0. The Kier molecular flexibility index (Phi) is 5.13. The van der Waals surface area contributed by atoms with Crippen molar-refractivity contribution in [3.05, 3.63) is 68.5 Å². The molecule has 0 radical (unpaired) electrons. The molecule has 0 aliphatic rings. The van der Waals surface area contributed by atoms with Gasteiger partial charge in [0.25, 0.3) is 11.6 Å². The van der Waals surface area contributed by atoms with Crippen molar-refractivity contribution >= 4 is 21.6 Å². The quantitative estimate of drug-likeness (QED) is 0.406. The van der Waals surface area contributed by atoms with Crippen molar-refractivity contribution in [3.8, 4) is 17.2 Å². The Balaban J connectivity index is 1.79. The van der Waals surface area contributed by atoms with Crippen LogP contribution >= 0.6 is 15.9 Å². The number of nitro benzene ring substituents is 1. The summed E-state index contributed by atoms with van der Waals surface area (Å²) < 4.78 is 50.7. The number of rotatable bonds is 5. The van der Waals surface area contributed by atoms with Crippen molar-refractivity contribution in [2.24, 2.45) is 0 Å². The molecule has 0 saturated carbocycles. The second-order valence-electron chi connectivity index (χ2n) is 5.23. The van der Waals surface area contributed by atoms with Crippen LogP contribution < -0.4 is 4.74 Å². The molecule has 0 N–H and O–H groups in total. The number of nitrogens with zero attached hydrogens (tertiary/aromatic N) is 3. The van der Waals surface area contributed by atoms with E-state index in [1.807, 2.05) is 0 Å². The second-order valence-corrected chi connectivity index (χ2v) is 6.15. The maximum absolute atomic E-state index is 13.1. The molecule has 3 rings (SSSR count). The third-order valence-electron chi connectivity index (χ3n) is 3.39. The first-order valence-electron chi connectivity index (χ1n) is 7.31. The number of halogens is 4. The summed E-state index contributed by atoms with van der Waals surface area (Å²) in [6, 6.07) is 9.19. The maximum atomic E-state index is 13.1. The van der Waals surface area contributed by atoms with Crippen LogP contribution in [0.5, 0.6) is 5.75 Å². The van der Waals surface area contributed by atoms with Gasteiger partial charge in [-0.05, 0) is 30.3 Å². The van der Waals surface area contributed by atoms with E-state index in [2.05, 4.69) is 26.1 Å². The molecule has 11 heteroatoms. The number of hydrogen-bond acceptors (Lipinski definition) is 6. The first-order chi connectivity index (χ1) is 12.7. The molecule has 140 valence electrons. The lowest BCUT2D eigenvalue weighted by Crippen LogP contribution is -2.09. The van der Waals surface area contributed by atoms with Crippen LogP contribution in [0.25, 0.3) is 11.5 Å². The van der Waals surface area contributed by atoms with E-state index in [9.17, 15) is 23.3 Å². The fourth-order valence-corrected chi connectivity index (χ4v) is 2.40. The average Bonchev–Trinajstić information content (AvgIpc) is 3.08. The highest BCUT2D eigenvalue weighted by molar-refractivity contribution is 9.10. The molecule has 0 aliphatic carbocycles. The van der Waals surface area contributed by atoms with Crippen molar-refractivity contribution < 1.29 is 27.2 Å². The lowest BCUT2D eigenvalue weighted by molar-refractivity contribution is -0.385. The lowest BCUT2D eigenvalue weighted by atomic mass is 10.1. The first kappa shape index (κ1) is 18.8. The van der Waals surface area contributed by atoms with E-state index in [1.165, 1.54) is 0 Å².